The van der Waals surface area contributed by atoms with Gasteiger partial charge in [-0.3, -0.25) is 4.79 Å². The van der Waals surface area contributed by atoms with Crippen LogP contribution in [0.5, 0.6) is 0 Å². The SMILES string of the molecule is Cc1ccc(CC(C)NC(=O)c2ccc(CCl)cc2)s1. The summed E-state index contributed by atoms with van der Waals surface area (Å²) in [5, 5.41) is 3.03. The number of benzene rings is 1. The molecule has 0 saturated heterocycles. The summed E-state index contributed by atoms with van der Waals surface area (Å²) in [6.07, 6.45) is 0.865. The highest BCUT2D eigenvalue weighted by Gasteiger charge is 2.11. The van der Waals surface area contributed by atoms with E-state index in [1.165, 1.54) is 9.75 Å². The summed E-state index contributed by atoms with van der Waals surface area (Å²) in [5.41, 5.74) is 1.69. The second kappa shape index (κ2) is 6.91. The Hall–Kier alpha value is -1.32. The maximum Gasteiger partial charge on any atom is 0.251 e. The molecular weight excluding hydrogens is 290 g/mol. The lowest BCUT2D eigenvalue weighted by atomic mass is 10.1. The van der Waals surface area contributed by atoms with Gasteiger partial charge in [0.2, 0.25) is 0 Å². The van der Waals surface area contributed by atoms with Gasteiger partial charge in [-0.25, -0.2) is 0 Å². The molecule has 106 valence electrons. The van der Waals surface area contributed by atoms with Gasteiger partial charge in [0.1, 0.15) is 0 Å². The molecule has 0 aliphatic carbocycles. The highest BCUT2D eigenvalue weighted by Crippen LogP contribution is 2.17. The molecule has 2 aromatic rings. The molecule has 1 aromatic heterocycles. The zero-order valence-corrected chi connectivity index (χ0v) is 13.2. The predicted molar refractivity (Wildman–Crippen MR) is 85.7 cm³/mol. The monoisotopic (exact) mass is 307 g/mol. The minimum atomic E-state index is -0.0353. The van der Waals surface area contributed by atoms with Crippen LogP contribution in [0.15, 0.2) is 36.4 Å². The van der Waals surface area contributed by atoms with Crippen LogP contribution in [-0.4, -0.2) is 11.9 Å². The third-order valence-electron chi connectivity index (χ3n) is 3.05. The Kier molecular flexibility index (Phi) is 5.21. The molecule has 0 fully saturated rings. The number of nitrogens with one attached hydrogen (secondary N) is 1. The van der Waals surface area contributed by atoms with Gasteiger partial charge in [0.25, 0.3) is 5.91 Å². The van der Waals surface area contributed by atoms with Crippen LogP contribution in [0.2, 0.25) is 0 Å². The fourth-order valence-corrected chi connectivity index (χ4v) is 3.20. The molecule has 2 nitrogen and oxygen atoms in total. The number of carbonyl (C=O) groups is 1. The number of thiophene rings is 1. The molecule has 0 aliphatic rings. The maximum absolute atomic E-state index is 12.1. The number of hydrogen-bond acceptors (Lipinski definition) is 2. The average molecular weight is 308 g/mol. The normalized spacial score (nSPS) is 12.2. The highest BCUT2D eigenvalue weighted by atomic mass is 35.5. The van der Waals surface area contributed by atoms with E-state index in [1.807, 2.05) is 31.2 Å². The Morgan fingerprint density at radius 2 is 1.95 bits per heavy atom. The van der Waals surface area contributed by atoms with Crippen molar-refractivity contribution in [3.8, 4) is 0 Å². The van der Waals surface area contributed by atoms with E-state index in [-0.39, 0.29) is 11.9 Å². The summed E-state index contributed by atoms with van der Waals surface area (Å²) in [4.78, 5) is 14.7. The number of halogens is 1. The van der Waals surface area contributed by atoms with E-state index in [1.54, 1.807) is 11.3 Å². The summed E-state index contributed by atoms with van der Waals surface area (Å²) in [6, 6.07) is 11.7. The van der Waals surface area contributed by atoms with Crippen molar-refractivity contribution in [2.24, 2.45) is 0 Å². The van der Waals surface area contributed by atoms with E-state index in [2.05, 4.69) is 24.4 Å². The topological polar surface area (TPSA) is 29.1 Å². The smallest absolute Gasteiger partial charge is 0.251 e. The number of alkyl halides is 1. The van der Waals surface area contributed by atoms with E-state index in [0.29, 0.717) is 11.4 Å². The quantitative estimate of drug-likeness (QED) is 0.826. The van der Waals surface area contributed by atoms with Crippen molar-refractivity contribution < 1.29 is 4.79 Å². The maximum atomic E-state index is 12.1. The first kappa shape index (κ1) is 15.1. The molecule has 0 saturated carbocycles. The van der Waals surface area contributed by atoms with E-state index in [9.17, 15) is 4.79 Å². The first-order valence-electron chi connectivity index (χ1n) is 6.59. The van der Waals surface area contributed by atoms with Crippen molar-refractivity contribution in [1.29, 1.82) is 0 Å². The zero-order valence-electron chi connectivity index (χ0n) is 11.7. The molecule has 0 spiro atoms. The van der Waals surface area contributed by atoms with Gasteiger partial charge in [-0.05, 0) is 43.7 Å². The van der Waals surface area contributed by atoms with Crippen LogP contribution in [0.3, 0.4) is 0 Å². The van der Waals surface area contributed by atoms with Gasteiger partial charge in [0.15, 0.2) is 0 Å². The van der Waals surface area contributed by atoms with Gasteiger partial charge >= 0.3 is 0 Å². The Bertz CT molecular complexity index is 576. The van der Waals surface area contributed by atoms with Crippen molar-refractivity contribution in [3.05, 3.63) is 57.3 Å². The van der Waals surface area contributed by atoms with Crippen molar-refractivity contribution >= 4 is 28.8 Å². The number of rotatable bonds is 5. The van der Waals surface area contributed by atoms with Crippen LogP contribution in [0.1, 0.15) is 32.6 Å². The molecule has 1 atom stereocenters. The van der Waals surface area contributed by atoms with E-state index in [0.717, 1.165) is 12.0 Å². The molecule has 0 radical (unpaired) electrons. The molecule has 4 heteroatoms. The van der Waals surface area contributed by atoms with Crippen LogP contribution < -0.4 is 5.32 Å². The third-order valence-corrected chi connectivity index (χ3v) is 4.38. The summed E-state index contributed by atoms with van der Waals surface area (Å²) in [6.45, 7) is 4.12. The van der Waals surface area contributed by atoms with Gasteiger partial charge in [-0.2, -0.15) is 0 Å². The molecule has 1 N–H and O–H groups in total. The van der Waals surface area contributed by atoms with Crippen LogP contribution in [0, 0.1) is 6.92 Å². The second-order valence-corrected chi connectivity index (χ2v) is 6.56. The Balaban J connectivity index is 1.92. The van der Waals surface area contributed by atoms with Crippen molar-refractivity contribution in [1.82, 2.24) is 5.32 Å². The van der Waals surface area contributed by atoms with Crippen LogP contribution in [-0.2, 0) is 12.3 Å². The van der Waals surface area contributed by atoms with Gasteiger partial charge in [-0.15, -0.1) is 22.9 Å². The van der Waals surface area contributed by atoms with Crippen molar-refractivity contribution in [2.75, 3.05) is 0 Å². The van der Waals surface area contributed by atoms with Gasteiger partial charge in [0, 0.05) is 33.7 Å². The van der Waals surface area contributed by atoms with E-state index < -0.39 is 0 Å². The average Bonchev–Trinajstić information content (AvgIpc) is 2.84. The lowest BCUT2D eigenvalue weighted by molar-refractivity contribution is 0.0940. The molecule has 2 rings (SSSR count). The minimum Gasteiger partial charge on any atom is -0.349 e. The van der Waals surface area contributed by atoms with Crippen molar-refractivity contribution in [2.45, 2.75) is 32.2 Å². The Labute approximate surface area is 128 Å². The molecule has 1 amide bonds. The number of amides is 1. The number of hydrogen-bond donors (Lipinski definition) is 1. The molecule has 1 heterocycles. The largest absolute Gasteiger partial charge is 0.349 e. The molecular formula is C16H18ClNOS. The highest BCUT2D eigenvalue weighted by molar-refractivity contribution is 7.11. The molecule has 0 bridgehead atoms. The standard InChI is InChI=1S/C16H18ClNOS/c1-11(9-15-8-3-12(2)20-15)18-16(19)14-6-4-13(10-17)5-7-14/h3-8,11H,9-10H2,1-2H3,(H,18,19). The second-order valence-electron chi connectivity index (χ2n) is 4.92. The summed E-state index contributed by atoms with van der Waals surface area (Å²) in [5.74, 6) is 0.433. The fraction of sp³-hybridized carbons (Fsp3) is 0.312. The van der Waals surface area contributed by atoms with Crippen LogP contribution in [0.25, 0.3) is 0 Å². The minimum absolute atomic E-state index is 0.0353. The first-order valence-corrected chi connectivity index (χ1v) is 7.94. The Morgan fingerprint density at radius 3 is 2.50 bits per heavy atom. The van der Waals surface area contributed by atoms with Gasteiger partial charge < -0.3 is 5.32 Å². The van der Waals surface area contributed by atoms with Crippen LogP contribution >= 0.6 is 22.9 Å². The molecule has 1 aromatic carbocycles. The van der Waals surface area contributed by atoms with E-state index in [4.69, 9.17) is 11.6 Å². The Morgan fingerprint density at radius 1 is 1.25 bits per heavy atom. The number of carbonyl (C=O) groups excluding carboxylic acids is 1. The molecule has 0 aliphatic heterocycles. The lowest BCUT2D eigenvalue weighted by Gasteiger charge is -2.13. The lowest BCUT2D eigenvalue weighted by Crippen LogP contribution is -2.33. The summed E-state index contributed by atoms with van der Waals surface area (Å²) >= 11 is 7.51. The molecule has 1 unspecified atom stereocenters. The number of aryl methyl sites for hydroxylation is 1. The summed E-state index contributed by atoms with van der Waals surface area (Å²) in [7, 11) is 0. The van der Waals surface area contributed by atoms with Crippen molar-refractivity contribution in [3.63, 3.8) is 0 Å². The third kappa shape index (κ3) is 4.09. The first-order chi connectivity index (χ1) is 9.58. The van der Waals surface area contributed by atoms with E-state index >= 15 is 0 Å². The van der Waals surface area contributed by atoms with Gasteiger partial charge in [0.05, 0.1) is 0 Å². The predicted octanol–water partition coefficient (Wildman–Crippen LogP) is 4.16. The summed E-state index contributed by atoms with van der Waals surface area (Å²) < 4.78 is 0. The zero-order chi connectivity index (χ0) is 14.5. The van der Waals surface area contributed by atoms with Gasteiger partial charge in [-0.1, -0.05) is 12.1 Å². The van der Waals surface area contributed by atoms with Crippen LogP contribution in [0.4, 0.5) is 0 Å². The molecule has 20 heavy (non-hydrogen) atoms. The fourth-order valence-electron chi connectivity index (χ4n) is 2.00.